The zero-order valence-corrected chi connectivity index (χ0v) is 11.7. The summed E-state index contributed by atoms with van der Waals surface area (Å²) in [6, 6.07) is 13.3. The number of alkyl halides is 2. The molecule has 3 aromatic rings. The van der Waals surface area contributed by atoms with E-state index in [0.29, 0.717) is 16.5 Å². The van der Waals surface area contributed by atoms with Gasteiger partial charge < -0.3 is 9.15 Å². The van der Waals surface area contributed by atoms with Gasteiger partial charge in [-0.15, -0.1) is 0 Å². The number of furan rings is 1. The molecule has 3 nitrogen and oxygen atoms in total. The normalized spacial score (nSPS) is 11.1. The van der Waals surface area contributed by atoms with Crippen LogP contribution in [0.5, 0.6) is 0 Å². The van der Waals surface area contributed by atoms with Crippen LogP contribution in [0.3, 0.4) is 0 Å². The molecule has 22 heavy (non-hydrogen) atoms. The highest BCUT2D eigenvalue weighted by Crippen LogP contribution is 2.34. The molecule has 1 heterocycles. The molecule has 0 radical (unpaired) electrons. The van der Waals surface area contributed by atoms with E-state index in [0.717, 1.165) is 11.1 Å². The van der Waals surface area contributed by atoms with E-state index in [1.807, 2.05) is 0 Å². The zero-order chi connectivity index (χ0) is 15.7. The highest BCUT2D eigenvalue weighted by molar-refractivity contribution is 5.97. The monoisotopic (exact) mass is 302 g/mol. The number of halogens is 2. The fraction of sp³-hybridized carbons (Fsp3) is 0.118. The number of carbonyl (C=O) groups excluding carboxylic acids is 1. The summed E-state index contributed by atoms with van der Waals surface area (Å²) in [5.41, 5.74) is 2.24. The molecule has 0 saturated carbocycles. The Morgan fingerprint density at radius 3 is 2.64 bits per heavy atom. The molecule has 1 aromatic heterocycles. The van der Waals surface area contributed by atoms with Gasteiger partial charge in [-0.3, -0.25) is 0 Å². The molecule has 0 aliphatic heterocycles. The molecule has 0 aliphatic carbocycles. The van der Waals surface area contributed by atoms with Crippen LogP contribution < -0.4 is 0 Å². The molecule has 0 aliphatic rings. The van der Waals surface area contributed by atoms with Gasteiger partial charge in [0.25, 0.3) is 6.43 Å². The van der Waals surface area contributed by atoms with Crippen molar-refractivity contribution < 1.29 is 22.7 Å². The Kier molecular flexibility index (Phi) is 3.63. The molecular formula is C17H12F2O3. The van der Waals surface area contributed by atoms with Crippen LogP contribution in [0, 0.1) is 0 Å². The predicted octanol–water partition coefficient (Wildman–Crippen LogP) is 4.82. The smallest absolute Gasteiger partial charge is 0.337 e. The maximum Gasteiger partial charge on any atom is 0.337 e. The van der Waals surface area contributed by atoms with E-state index >= 15 is 0 Å². The van der Waals surface area contributed by atoms with Gasteiger partial charge in [0.1, 0.15) is 5.58 Å². The second-order valence-corrected chi connectivity index (χ2v) is 4.74. The Labute approximate surface area is 125 Å². The summed E-state index contributed by atoms with van der Waals surface area (Å²) >= 11 is 0. The van der Waals surface area contributed by atoms with E-state index in [2.05, 4.69) is 0 Å². The first-order chi connectivity index (χ1) is 10.6. The van der Waals surface area contributed by atoms with Crippen LogP contribution in [0.2, 0.25) is 0 Å². The van der Waals surface area contributed by atoms with Crippen LogP contribution in [-0.2, 0) is 4.74 Å². The lowest BCUT2D eigenvalue weighted by atomic mass is 10.00. The van der Waals surface area contributed by atoms with Gasteiger partial charge in [0.05, 0.1) is 12.7 Å². The molecule has 0 N–H and O–H groups in total. The number of rotatable bonds is 3. The molecule has 3 rings (SSSR count). The fourth-order valence-electron chi connectivity index (χ4n) is 2.37. The second-order valence-electron chi connectivity index (χ2n) is 4.74. The SMILES string of the molecule is COC(=O)c1cccc(-c2cccc3oc(C(F)F)cc23)c1. The van der Waals surface area contributed by atoms with E-state index in [9.17, 15) is 13.6 Å². The third kappa shape index (κ3) is 2.45. The lowest BCUT2D eigenvalue weighted by molar-refractivity contribution is 0.0600. The van der Waals surface area contributed by atoms with Gasteiger partial charge in [-0.25, -0.2) is 13.6 Å². The molecule has 0 unspecified atom stereocenters. The van der Waals surface area contributed by atoms with E-state index in [-0.39, 0.29) is 5.76 Å². The van der Waals surface area contributed by atoms with Crippen molar-refractivity contribution in [3.63, 3.8) is 0 Å². The number of carbonyl (C=O) groups is 1. The quantitative estimate of drug-likeness (QED) is 0.651. The summed E-state index contributed by atoms with van der Waals surface area (Å²) in [6.07, 6.45) is -2.67. The Bertz CT molecular complexity index is 837. The average molecular weight is 302 g/mol. The molecule has 0 bridgehead atoms. The summed E-state index contributed by atoms with van der Waals surface area (Å²) in [7, 11) is 1.31. The Balaban J connectivity index is 2.16. The lowest BCUT2D eigenvalue weighted by Crippen LogP contribution is -2.00. The number of ether oxygens (including phenoxy) is 1. The predicted molar refractivity (Wildman–Crippen MR) is 77.9 cm³/mol. The number of hydrogen-bond acceptors (Lipinski definition) is 3. The fourth-order valence-corrected chi connectivity index (χ4v) is 2.37. The Hall–Kier alpha value is -2.69. The van der Waals surface area contributed by atoms with Crippen molar-refractivity contribution in [2.75, 3.05) is 7.11 Å². The minimum absolute atomic E-state index is 0.369. The highest BCUT2D eigenvalue weighted by atomic mass is 19.3. The van der Waals surface area contributed by atoms with Gasteiger partial charge in [-0.2, -0.15) is 0 Å². The van der Waals surface area contributed by atoms with Crippen molar-refractivity contribution in [3.8, 4) is 11.1 Å². The Morgan fingerprint density at radius 1 is 1.14 bits per heavy atom. The Morgan fingerprint density at radius 2 is 1.91 bits per heavy atom. The number of fused-ring (bicyclic) bond motifs is 1. The third-order valence-corrected chi connectivity index (χ3v) is 3.39. The molecule has 0 saturated heterocycles. The van der Waals surface area contributed by atoms with Crippen molar-refractivity contribution in [2.24, 2.45) is 0 Å². The lowest BCUT2D eigenvalue weighted by Gasteiger charge is -2.05. The summed E-state index contributed by atoms with van der Waals surface area (Å²) in [6.45, 7) is 0. The van der Waals surface area contributed by atoms with Crippen LogP contribution in [-0.4, -0.2) is 13.1 Å². The first-order valence-electron chi connectivity index (χ1n) is 6.59. The average Bonchev–Trinajstić information content (AvgIpc) is 2.98. The molecule has 5 heteroatoms. The van der Waals surface area contributed by atoms with Gasteiger partial charge in [-0.1, -0.05) is 24.3 Å². The van der Waals surface area contributed by atoms with Crippen molar-refractivity contribution in [1.82, 2.24) is 0 Å². The molecule has 2 aromatic carbocycles. The van der Waals surface area contributed by atoms with Crippen molar-refractivity contribution in [3.05, 3.63) is 59.9 Å². The number of methoxy groups -OCH3 is 1. The van der Waals surface area contributed by atoms with Crippen LogP contribution in [0.1, 0.15) is 22.5 Å². The van der Waals surface area contributed by atoms with Gasteiger partial charge in [0.2, 0.25) is 0 Å². The maximum absolute atomic E-state index is 12.8. The summed E-state index contributed by atoms with van der Waals surface area (Å²) in [4.78, 5) is 11.6. The minimum atomic E-state index is -2.67. The summed E-state index contributed by atoms with van der Waals surface area (Å²) in [5.74, 6) is -0.818. The van der Waals surface area contributed by atoms with Crippen LogP contribution in [0.4, 0.5) is 8.78 Å². The van der Waals surface area contributed by atoms with E-state index < -0.39 is 12.4 Å². The van der Waals surface area contributed by atoms with Gasteiger partial charge in [0, 0.05) is 5.39 Å². The number of esters is 1. The second kappa shape index (κ2) is 5.60. The third-order valence-electron chi connectivity index (χ3n) is 3.39. The zero-order valence-electron chi connectivity index (χ0n) is 11.7. The largest absolute Gasteiger partial charge is 0.465 e. The summed E-state index contributed by atoms with van der Waals surface area (Å²) < 4.78 is 35.4. The molecule has 0 amide bonds. The van der Waals surface area contributed by atoms with Gasteiger partial charge in [0.15, 0.2) is 5.76 Å². The summed E-state index contributed by atoms with van der Waals surface area (Å²) in [5, 5.41) is 0.583. The molecule has 112 valence electrons. The topological polar surface area (TPSA) is 39.4 Å². The van der Waals surface area contributed by atoms with E-state index in [4.69, 9.17) is 9.15 Å². The molecule has 0 atom stereocenters. The first kappa shape index (κ1) is 14.3. The minimum Gasteiger partial charge on any atom is -0.465 e. The number of hydrogen-bond donors (Lipinski definition) is 0. The maximum atomic E-state index is 12.8. The number of benzene rings is 2. The van der Waals surface area contributed by atoms with Crippen molar-refractivity contribution >= 4 is 16.9 Å². The van der Waals surface area contributed by atoms with Crippen LogP contribution in [0.25, 0.3) is 22.1 Å². The van der Waals surface area contributed by atoms with E-state index in [1.165, 1.54) is 13.2 Å². The van der Waals surface area contributed by atoms with Crippen LogP contribution in [0.15, 0.2) is 52.9 Å². The van der Waals surface area contributed by atoms with Crippen molar-refractivity contribution in [2.45, 2.75) is 6.43 Å². The van der Waals surface area contributed by atoms with Gasteiger partial charge >= 0.3 is 5.97 Å². The molecule has 0 fully saturated rings. The standard InChI is InChI=1S/C17H12F2O3/c1-21-17(20)11-5-2-4-10(8-11)12-6-3-7-14-13(12)9-15(22-14)16(18)19/h2-9,16H,1H3. The highest BCUT2D eigenvalue weighted by Gasteiger charge is 2.16. The molecule has 0 spiro atoms. The first-order valence-corrected chi connectivity index (χ1v) is 6.59. The van der Waals surface area contributed by atoms with E-state index in [1.54, 1.807) is 42.5 Å². The van der Waals surface area contributed by atoms with Crippen molar-refractivity contribution in [1.29, 1.82) is 0 Å². The molecular weight excluding hydrogens is 290 g/mol. The van der Waals surface area contributed by atoms with Gasteiger partial charge in [-0.05, 0) is 35.4 Å². The van der Waals surface area contributed by atoms with Crippen LogP contribution >= 0.6 is 0 Å².